The monoisotopic (exact) mass is 422 g/mol. The van der Waals surface area contributed by atoms with Crippen molar-refractivity contribution >= 4 is 17.2 Å². The molecule has 0 aromatic carbocycles. The summed E-state index contributed by atoms with van der Waals surface area (Å²) in [4.78, 5) is 12.8. The third kappa shape index (κ3) is 7.20. The highest BCUT2D eigenvalue weighted by atomic mass is 19.1. The number of aromatic nitrogens is 2. The third-order valence-electron chi connectivity index (χ3n) is 4.63. The first-order valence-corrected chi connectivity index (χ1v) is 10.6. The molecule has 0 amide bonds. The van der Waals surface area contributed by atoms with Crippen molar-refractivity contribution in [2.24, 2.45) is 15.2 Å². The molecule has 2 heterocycles. The maximum atomic E-state index is 13.2. The average molecular weight is 423 g/mol. The molecule has 0 bridgehead atoms. The Morgan fingerprint density at radius 1 is 1.03 bits per heavy atom. The molecule has 0 unspecified atom stereocenters. The number of pyridine rings is 2. The van der Waals surface area contributed by atoms with E-state index in [9.17, 15) is 4.39 Å². The van der Waals surface area contributed by atoms with Gasteiger partial charge in [0.15, 0.2) is 5.84 Å². The Balaban J connectivity index is 2.28. The third-order valence-corrected chi connectivity index (χ3v) is 4.63. The molecule has 2 aromatic heterocycles. The van der Waals surface area contributed by atoms with Gasteiger partial charge in [0.2, 0.25) is 0 Å². The molecule has 2 aromatic rings. The normalized spacial score (nSPS) is 13.5. The molecule has 0 radical (unpaired) electrons. The first-order chi connectivity index (χ1) is 15.0. The summed E-state index contributed by atoms with van der Waals surface area (Å²) in [5, 5.41) is 12.2. The predicted octanol–water partition coefficient (Wildman–Crippen LogP) is 6.79. The van der Waals surface area contributed by atoms with Gasteiger partial charge in [-0.1, -0.05) is 33.3 Å². The molecule has 0 aliphatic rings. The van der Waals surface area contributed by atoms with Crippen LogP contribution < -0.4 is 5.32 Å². The van der Waals surface area contributed by atoms with E-state index in [2.05, 4.69) is 57.4 Å². The predicted molar refractivity (Wildman–Crippen MR) is 126 cm³/mol. The van der Waals surface area contributed by atoms with Crippen molar-refractivity contribution in [3.05, 3.63) is 71.2 Å². The molecule has 2 rings (SSSR count). The summed E-state index contributed by atoms with van der Waals surface area (Å²) in [5.74, 6) is -0.0825. The molecule has 0 fully saturated rings. The highest BCUT2D eigenvalue weighted by molar-refractivity contribution is 5.97. The fourth-order valence-electron chi connectivity index (χ4n) is 2.86. The Morgan fingerprint density at radius 3 is 2.32 bits per heavy atom. The minimum absolute atomic E-state index is 0.327. The number of rotatable bonds is 9. The van der Waals surface area contributed by atoms with E-state index in [1.165, 1.54) is 17.8 Å². The quantitative estimate of drug-likeness (QED) is 0.274. The molecule has 0 aliphatic carbocycles. The second-order valence-electron chi connectivity index (χ2n) is 7.04. The number of hydrogen-bond donors (Lipinski definition) is 1. The van der Waals surface area contributed by atoms with Crippen molar-refractivity contribution < 1.29 is 4.39 Å². The maximum absolute atomic E-state index is 13.2. The molecule has 0 spiro atoms. The molecule has 164 valence electrons. The van der Waals surface area contributed by atoms with Crippen LogP contribution in [0.1, 0.15) is 64.8 Å². The fraction of sp³-hybridized carbons (Fsp3) is 0.375. The summed E-state index contributed by atoms with van der Waals surface area (Å²) in [6, 6.07) is 6.79. The van der Waals surface area contributed by atoms with Crippen LogP contribution in [-0.2, 0) is 0 Å². The SMILES string of the molecule is CC/C=C(/CCC)Nc1ccc(C(N=NC(=NC)c2ccc(F)cn2)=C(C)CC)nc1. The molecule has 0 saturated heterocycles. The lowest BCUT2D eigenvalue weighted by molar-refractivity contribution is 0.621. The van der Waals surface area contributed by atoms with Crippen molar-refractivity contribution in [1.29, 1.82) is 0 Å². The van der Waals surface area contributed by atoms with E-state index >= 15 is 0 Å². The summed E-state index contributed by atoms with van der Waals surface area (Å²) in [7, 11) is 1.60. The average Bonchev–Trinajstić information content (AvgIpc) is 2.78. The van der Waals surface area contributed by atoms with E-state index in [1.807, 2.05) is 25.3 Å². The zero-order valence-corrected chi connectivity index (χ0v) is 19.0. The van der Waals surface area contributed by atoms with Crippen LogP contribution >= 0.6 is 0 Å². The van der Waals surface area contributed by atoms with Gasteiger partial charge in [0.05, 0.1) is 23.8 Å². The van der Waals surface area contributed by atoms with Gasteiger partial charge in [0.25, 0.3) is 0 Å². The lowest BCUT2D eigenvalue weighted by Gasteiger charge is -2.11. The molecule has 6 nitrogen and oxygen atoms in total. The second-order valence-corrected chi connectivity index (χ2v) is 7.04. The van der Waals surface area contributed by atoms with Gasteiger partial charge in [-0.3, -0.25) is 9.98 Å². The van der Waals surface area contributed by atoms with Crippen molar-refractivity contribution in [2.45, 2.75) is 53.4 Å². The topological polar surface area (TPSA) is 74.9 Å². The Bertz CT molecular complexity index is 957. The van der Waals surface area contributed by atoms with Crippen LogP contribution in [-0.4, -0.2) is 22.9 Å². The van der Waals surface area contributed by atoms with Crippen molar-refractivity contribution in [3.63, 3.8) is 0 Å². The second kappa shape index (κ2) is 12.5. The van der Waals surface area contributed by atoms with Gasteiger partial charge in [-0.05, 0) is 56.0 Å². The summed E-state index contributed by atoms with van der Waals surface area (Å²) in [5.41, 5.74) is 5.07. The van der Waals surface area contributed by atoms with Gasteiger partial charge in [-0.15, -0.1) is 10.2 Å². The molecule has 0 aliphatic heterocycles. The zero-order valence-electron chi connectivity index (χ0n) is 19.0. The smallest absolute Gasteiger partial charge is 0.195 e. The van der Waals surface area contributed by atoms with Crippen LogP contribution in [0, 0.1) is 5.82 Å². The van der Waals surface area contributed by atoms with E-state index in [0.29, 0.717) is 17.2 Å². The van der Waals surface area contributed by atoms with E-state index in [1.54, 1.807) is 7.05 Å². The fourth-order valence-corrected chi connectivity index (χ4v) is 2.86. The molecule has 0 atom stereocenters. The number of azo groups is 1. The van der Waals surface area contributed by atoms with Gasteiger partial charge in [-0.2, -0.15) is 0 Å². The number of allylic oxidation sites excluding steroid dienone is 3. The van der Waals surface area contributed by atoms with Crippen molar-refractivity contribution in [3.8, 4) is 0 Å². The van der Waals surface area contributed by atoms with Crippen LogP contribution in [0.25, 0.3) is 5.70 Å². The van der Waals surface area contributed by atoms with Crippen LogP contribution in [0.4, 0.5) is 10.1 Å². The number of anilines is 1. The van der Waals surface area contributed by atoms with Gasteiger partial charge in [-0.25, -0.2) is 9.37 Å². The van der Waals surface area contributed by atoms with Gasteiger partial charge in [0, 0.05) is 12.7 Å². The van der Waals surface area contributed by atoms with E-state index in [-0.39, 0.29) is 0 Å². The van der Waals surface area contributed by atoms with Crippen LogP contribution in [0.2, 0.25) is 0 Å². The number of amidine groups is 1. The van der Waals surface area contributed by atoms with Crippen molar-refractivity contribution in [2.75, 3.05) is 12.4 Å². The van der Waals surface area contributed by atoms with E-state index in [0.717, 1.165) is 48.8 Å². The Labute approximate surface area is 184 Å². The van der Waals surface area contributed by atoms with Crippen LogP contribution in [0.15, 0.2) is 69.2 Å². The highest BCUT2D eigenvalue weighted by Crippen LogP contribution is 2.23. The molecule has 0 saturated carbocycles. The van der Waals surface area contributed by atoms with Gasteiger partial charge >= 0.3 is 0 Å². The summed E-state index contributed by atoms with van der Waals surface area (Å²) >= 11 is 0. The van der Waals surface area contributed by atoms with Crippen LogP contribution in [0.3, 0.4) is 0 Å². The first kappa shape index (κ1) is 24.1. The molecule has 7 heteroatoms. The lowest BCUT2D eigenvalue weighted by atomic mass is 10.1. The van der Waals surface area contributed by atoms with Crippen LogP contribution in [0.5, 0.6) is 0 Å². The standard InChI is InChI=1S/C24H31FN6/c1-6-9-19(10-7-2)29-20-12-14-21(28-16-20)23(17(4)8-3)30-31-24(26-5)22-13-11-18(25)15-27-22/h9,11-16,29H,6-8,10H2,1-5H3/b19-9-,23-17?,26-24?,31-30?. The Morgan fingerprint density at radius 2 is 1.77 bits per heavy atom. The molecule has 1 N–H and O–H groups in total. The number of hydrogen-bond acceptors (Lipinski definition) is 5. The summed E-state index contributed by atoms with van der Waals surface area (Å²) in [6.07, 6.45) is 9.02. The molecule has 31 heavy (non-hydrogen) atoms. The minimum Gasteiger partial charge on any atom is -0.358 e. The Kier molecular flexibility index (Phi) is 9.68. The number of nitrogens with zero attached hydrogens (tertiary/aromatic N) is 5. The summed E-state index contributed by atoms with van der Waals surface area (Å²) < 4.78 is 13.2. The van der Waals surface area contributed by atoms with Gasteiger partial charge in [0.1, 0.15) is 17.2 Å². The van der Waals surface area contributed by atoms with Gasteiger partial charge < -0.3 is 5.32 Å². The van der Waals surface area contributed by atoms with E-state index < -0.39 is 5.82 Å². The Hall–Kier alpha value is -3.22. The van der Waals surface area contributed by atoms with E-state index in [4.69, 9.17) is 0 Å². The number of aliphatic imine (C=N–C) groups is 1. The number of halogens is 1. The molecular weight excluding hydrogens is 391 g/mol. The minimum atomic E-state index is -0.410. The number of nitrogens with one attached hydrogen (secondary N) is 1. The zero-order chi connectivity index (χ0) is 22.6. The maximum Gasteiger partial charge on any atom is 0.195 e. The summed E-state index contributed by atoms with van der Waals surface area (Å²) in [6.45, 7) is 8.36. The molecular formula is C24H31FN6. The highest BCUT2D eigenvalue weighted by Gasteiger charge is 2.09. The lowest BCUT2D eigenvalue weighted by Crippen LogP contribution is -2.02. The first-order valence-electron chi connectivity index (χ1n) is 10.6. The van der Waals surface area contributed by atoms with Crippen molar-refractivity contribution in [1.82, 2.24) is 9.97 Å². The largest absolute Gasteiger partial charge is 0.358 e.